The van der Waals surface area contributed by atoms with Gasteiger partial charge in [-0.05, 0) is 17.7 Å². The minimum atomic E-state index is -0.470. The first-order valence-electron chi connectivity index (χ1n) is 5.70. The van der Waals surface area contributed by atoms with E-state index in [4.69, 9.17) is 0 Å². The van der Waals surface area contributed by atoms with Crippen LogP contribution in [-0.4, -0.2) is 17.1 Å². The van der Waals surface area contributed by atoms with Crippen molar-refractivity contribution >= 4 is 18.0 Å². The topological polar surface area (TPSA) is 37.3 Å². The minimum absolute atomic E-state index is 0.470. The van der Waals surface area contributed by atoms with Gasteiger partial charge in [-0.3, -0.25) is 4.79 Å². The van der Waals surface area contributed by atoms with Crippen LogP contribution in [0.2, 0.25) is 0 Å². The van der Waals surface area contributed by atoms with Crippen LogP contribution in [0.4, 0.5) is 0 Å². The summed E-state index contributed by atoms with van der Waals surface area (Å²) in [6.45, 7) is 0. The summed E-state index contributed by atoms with van der Waals surface area (Å²) in [5.41, 5.74) is 1.59. The summed E-state index contributed by atoms with van der Waals surface area (Å²) in [7, 11) is 0. The molecule has 0 amide bonds. The summed E-state index contributed by atoms with van der Waals surface area (Å²) in [4.78, 5) is 11.6. The molecule has 2 aromatic rings. The normalized spacial score (nSPS) is 12.1. The highest BCUT2D eigenvalue weighted by Gasteiger charge is 2.07. The van der Waals surface area contributed by atoms with Gasteiger partial charge in [0.15, 0.2) is 0 Å². The summed E-state index contributed by atoms with van der Waals surface area (Å²) in [6.07, 6.45) is 0.356. The van der Waals surface area contributed by atoms with Crippen LogP contribution in [0.1, 0.15) is 22.0 Å². The van der Waals surface area contributed by atoms with Gasteiger partial charge >= 0.3 is 0 Å². The Hall–Kier alpha value is -1.58. The van der Waals surface area contributed by atoms with Crippen LogP contribution in [0.15, 0.2) is 59.5 Å². The van der Waals surface area contributed by atoms with E-state index in [0.717, 1.165) is 16.7 Å². The summed E-state index contributed by atoms with van der Waals surface area (Å²) in [5, 5.41) is 10.0. The van der Waals surface area contributed by atoms with Gasteiger partial charge in [0, 0.05) is 16.2 Å². The van der Waals surface area contributed by atoms with Gasteiger partial charge < -0.3 is 5.11 Å². The van der Waals surface area contributed by atoms with Gasteiger partial charge in [-0.25, -0.2) is 0 Å². The van der Waals surface area contributed by atoms with Crippen LogP contribution in [0.3, 0.4) is 0 Å². The van der Waals surface area contributed by atoms with E-state index < -0.39 is 6.10 Å². The van der Waals surface area contributed by atoms with Crippen molar-refractivity contribution in [2.75, 3.05) is 5.75 Å². The van der Waals surface area contributed by atoms with E-state index in [1.54, 1.807) is 23.9 Å². The second-order valence-electron chi connectivity index (χ2n) is 3.92. The zero-order valence-corrected chi connectivity index (χ0v) is 10.6. The molecule has 0 aromatic heterocycles. The van der Waals surface area contributed by atoms with Crippen molar-refractivity contribution in [3.8, 4) is 0 Å². The van der Waals surface area contributed by atoms with E-state index in [1.807, 2.05) is 42.5 Å². The zero-order valence-electron chi connectivity index (χ0n) is 9.82. The molecule has 0 bridgehead atoms. The molecule has 0 aliphatic rings. The molecular formula is C15H14O2S. The standard InChI is InChI=1S/C15H14O2S/c16-10-12-6-8-14(9-7-12)18-11-15(17)13-4-2-1-3-5-13/h1-10,15,17H,11H2. The maximum absolute atomic E-state index is 10.5. The van der Waals surface area contributed by atoms with Gasteiger partial charge in [-0.15, -0.1) is 11.8 Å². The quantitative estimate of drug-likeness (QED) is 0.660. The fourth-order valence-corrected chi connectivity index (χ4v) is 2.46. The molecule has 2 rings (SSSR count). The van der Waals surface area contributed by atoms with Gasteiger partial charge in [-0.1, -0.05) is 42.5 Å². The Morgan fingerprint density at radius 2 is 1.72 bits per heavy atom. The van der Waals surface area contributed by atoms with Gasteiger partial charge in [0.05, 0.1) is 6.10 Å². The average Bonchev–Trinajstić information content (AvgIpc) is 2.46. The number of benzene rings is 2. The molecule has 0 saturated carbocycles. The molecule has 2 nitrogen and oxygen atoms in total. The number of thioether (sulfide) groups is 1. The number of carbonyl (C=O) groups is 1. The van der Waals surface area contributed by atoms with Crippen LogP contribution in [-0.2, 0) is 0 Å². The number of aldehydes is 1. The number of rotatable bonds is 5. The van der Waals surface area contributed by atoms with E-state index >= 15 is 0 Å². The first-order valence-corrected chi connectivity index (χ1v) is 6.69. The van der Waals surface area contributed by atoms with E-state index in [1.165, 1.54) is 0 Å². The lowest BCUT2D eigenvalue weighted by atomic mass is 10.1. The predicted octanol–water partition coefficient (Wildman–Crippen LogP) is 3.32. The number of hydrogen-bond acceptors (Lipinski definition) is 3. The van der Waals surface area contributed by atoms with Gasteiger partial charge in [0.25, 0.3) is 0 Å². The van der Waals surface area contributed by atoms with E-state index in [0.29, 0.717) is 11.3 Å². The highest BCUT2D eigenvalue weighted by molar-refractivity contribution is 7.99. The largest absolute Gasteiger partial charge is 0.388 e. The number of hydrogen-bond donors (Lipinski definition) is 1. The Morgan fingerprint density at radius 1 is 1.06 bits per heavy atom. The average molecular weight is 258 g/mol. The number of aliphatic hydroxyl groups is 1. The van der Waals surface area contributed by atoms with Crippen molar-refractivity contribution in [2.24, 2.45) is 0 Å². The Morgan fingerprint density at radius 3 is 2.33 bits per heavy atom. The molecule has 1 unspecified atom stereocenters. The van der Waals surface area contributed by atoms with Crippen LogP contribution >= 0.6 is 11.8 Å². The lowest BCUT2D eigenvalue weighted by Gasteiger charge is -2.10. The summed E-state index contributed by atoms with van der Waals surface area (Å²) in [6, 6.07) is 17.0. The van der Waals surface area contributed by atoms with Crippen molar-refractivity contribution in [1.82, 2.24) is 0 Å². The van der Waals surface area contributed by atoms with Gasteiger partial charge in [0.1, 0.15) is 6.29 Å². The molecule has 1 atom stereocenters. The third-order valence-electron chi connectivity index (χ3n) is 2.61. The molecule has 0 aliphatic carbocycles. The van der Waals surface area contributed by atoms with E-state index in [9.17, 15) is 9.90 Å². The molecule has 92 valence electrons. The highest BCUT2D eigenvalue weighted by Crippen LogP contribution is 2.24. The molecule has 1 N–H and O–H groups in total. The molecule has 0 spiro atoms. The first kappa shape index (κ1) is 12.9. The minimum Gasteiger partial charge on any atom is -0.388 e. The molecule has 2 aromatic carbocycles. The molecule has 0 radical (unpaired) electrons. The van der Waals surface area contributed by atoms with Gasteiger partial charge in [-0.2, -0.15) is 0 Å². The molecule has 18 heavy (non-hydrogen) atoms. The fraction of sp³-hybridized carbons (Fsp3) is 0.133. The van der Waals surface area contributed by atoms with E-state index in [-0.39, 0.29) is 0 Å². The maximum Gasteiger partial charge on any atom is 0.150 e. The van der Waals surface area contributed by atoms with E-state index in [2.05, 4.69) is 0 Å². The maximum atomic E-state index is 10.5. The van der Waals surface area contributed by atoms with Crippen LogP contribution in [0, 0.1) is 0 Å². The predicted molar refractivity (Wildman–Crippen MR) is 74.0 cm³/mol. The summed E-state index contributed by atoms with van der Waals surface area (Å²) in [5.74, 6) is 0.602. The SMILES string of the molecule is O=Cc1ccc(SCC(O)c2ccccc2)cc1. The van der Waals surface area contributed by atoms with Crippen molar-refractivity contribution in [3.63, 3.8) is 0 Å². The Kier molecular flexibility index (Phi) is 4.56. The highest BCUT2D eigenvalue weighted by atomic mass is 32.2. The molecule has 0 heterocycles. The van der Waals surface area contributed by atoms with Gasteiger partial charge in [0.2, 0.25) is 0 Å². The monoisotopic (exact) mass is 258 g/mol. The smallest absolute Gasteiger partial charge is 0.150 e. The Bertz CT molecular complexity index is 494. The molecule has 0 fully saturated rings. The van der Waals surface area contributed by atoms with Crippen LogP contribution < -0.4 is 0 Å². The third-order valence-corrected chi connectivity index (χ3v) is 3.70. The van der Waals surface area contributed by atoms with Crippen molar-refractivity contribution < 1.29 is 9.90 Å². The Labute approximate surface area is 111 Å². The molecular weight excluding hydrogens is 244 g/mol. The van der Waals surface area contributed by atoms with Crippen molar-refractivity contribution in [1.29, 1.82) is 0 Å². The van der Waals surface area contributed by atoms with Crippen molar-refractivity contribution in [2.45, 2.75) is 11.0 Å². The van der Waals surface area contributed by atoms with Crippen LogP contribution in [0.25, 0.3) is 0 Å². The zero-order chi connectivity index (χ0) is 12.8. The summed E-state index contributed by atoms with van der Waals surface area (Å²) < 4.78 is 0. The second kappa shape index (κ2) is 6.38. The second-order valence-corrected chi connectivity index (χ2v) is 5.02. The van der Waals surface area contributed by atoms with Crippen molar-refractivity contribution in [3.05, 3.63) is 65.7 Å². The molecule has 3 heteroatoms. The third kappa shape index (κ3) is 3.45. The van der Waals surface area contributed by atoms with Crippen LogP contribution in [0.5, 0.6) is 0 Å². The molecule has 0 aliphatic heterocycles. The summed E-state index contributed by atoms with van der Waals surface area (Å²) >= 11 is 1.58. The number of carbonyl (C=O) groups excluding carboxylic acids is 1. The lowest BCUT2D eigenvalue weighted by Crippen LogP contribution is -1.99. The lowest BCUT2D eigenvalue weighted by molar-refractivity contribution is 0.112. The first-order chi connectivity index (χ1) is 8.79. The number of aliphatic hydroxyl groups excluding tert-OH is 1. The Balaban J connectivity index is 1.93. The molecule has 0 saturated heterocycles. The fourth-order valence-electron chi connectivity index (χ4n) is 1.59.